The van der Waals surface area contributed by atoms with E-state index in [1.54, 1.807) is 10.5 Å². The number of pyridine rings is 1. The third-order valence-electron chi connectivity index (χ3n) is 6.05. The Hall–Kier alpha value is -3.73. The fraction of sp³-hybridized carbons (Fsp3) is 0.346. The molecule has 0 saturated carbocycles. The molecule has 0 radical (unpaired) electrons. The highest BCUT2D eigenvalue weighted by atomic mass is 32.2. The van der Waals surface area contributed by atoms with Crippen molar-refractivity contribution in [2.24, 2.45) is 0 Å². The number of halogens is 1. The summed E-state index contributed by atoms with van der Waals surface area (Å²) in [6.45, 7) is 1.45. The van der Waals surface area contributed by atoms with Gasteiger partial charge >= 0.3 is 0 Å². The quantitative estimate of drug-likeness (QED) is 0.494. The van der Waals surface area contributed by atoms with Crippen LogP contribution in [0.15, 0.2) is 41.4 Å². The first kappa shape index (κ1) is 25.4. The monoisotopic (exact) mass is 509 g/mol. The number of likely N-dealkylation sites (tertiary alicyclic amines) is 1. The third-order valence-corrected chi connectivity index (χ3v) is 7.16. The Kier molecular flexibility index (Phi) is 7.39. The number of piperidine rings is 1. The number of imidazole rings is 1. The molecule has 8 nitrogen and oxygen atoms in total. The first-order chi connectivity index (χ1) is 17.2. The van der Waals surface area contributed by atoms with Crippen molar-refractivity contribution in [2.45, 2.75) is 23.5 Å². The van der Waals surface area contributed by atoms with E-state index in [-0.39, 0.29) is 17.5 Å². The van der Waals surface area contributed by atoms with Gasteiger partial charge in [0.05, 0.1) is 36.0 Å². The molecular weight excluding hydrogens is 481 g/mol. The minimum atomic E-state index is -3.35. The van der Waals surface area contributed by atoms with Crippen LogP contribution in [0.5, 0.6) is 5.75 Å². The molecule has 1 fully saturated rings. The molecule has 10 heteroatoms. The second-order valence-electron chi connectivity index (χ2n) is 8.68. The number of alkyl halides is 1. The Bertz CT molecular complexity index is 1480. The van der Waals surface area contributed by atoms with Crippen LogP contribution in [0, 0.1) is 24.2 Å². The summed E-state index contributed by atoms with van der Waals surface area (Å²) in [6, 6.07) is 8.00. The van der Waals surface area contributed by atoms with Crippen molar-refractivity contribution < 1.29 is 17.5 Å². The molecule has 3 aromatic rings. The fourth-order valence-corrected chi connectivity index (χ4v) is 4.78. The van der Waals surface area contributed by atoms with E-state index >= 15 is 0 Å². The molecular formula is C26H28FN5O3S. The zero-order valence-corrected chi connectivity index (χ0v) is 21.2. The molecule has 0 bridgehead atoms. The van der Waals surface area contributed by atoms with Crippen LogP contribution in [0.25, 0.3) is 5.65 Å². The van der Waals surface area contributed by atoms with Gasteiger partial charge in [-0.2, -0.15) is 0 Å². The molecule has 2 N–H and O–H groups in total. The predicted octanol–water partition coefficient (Wildman–Crippen LogP) is 2.65. The van der Waals surface area contributed by atoms with Crippen LogP contribution in [0.3, 0.4) is 0 Å². The Morgan fingerprint density at radius 1 is 1.31 bits per heavy atom. The Balaban J connectivity index is 1.54. The van der Waals surface area contributed by atoms with Gasteiger partial charge in [-0.3, -0.25) is 4.40 Å². The highest BCUT2D eigenvalue weighted by Gasteiger charge is 2.28. The fourth-order valence-electron chi connectivity index (χ4n) is 4.14. The van der Waals surface area contributed by atoms with Crippen LogP contribution in [-0.4, -0.2) is 75.0 Å². The number of sulfone groups is 1. The lowest BCUT2D eigenvalue weighted by atomic mass is 10.0. The van der Waals surface area contributed by atoms with Crippen molar-refractivity contribution >= 4 is 26.9 Å². The Morgan fingerprint density at radius 3 is 2.81 bits per heavy atom. The Morgan fingerprint density at radius 2 is 2.11 bits per heavy atom. The topological polar surface area (TPSA) is 88.0 Å². The summed E-state index contributed by atoms with van der Waals surface area (Å²) in [5.41, 5.74) is 2.85. The molecule has 1 aromatic carbocycles. The molecule has 0 unspecified atom stereocenters. The molecule has 0 spiro atoms. The molecule has 0 aliphatic carbocycles. The number of anilines is 2. The predicted molar refractivity (Wildman–Crippen MR) is 139 cm³/mol. The number of nitrogens with one attached hydrogen (secondary N) is 2. The summed E-state index contributed by atoms with van der Waals surface area (Å²) >= 11 is 0. The smallest absolute Gasteiger partial charge is 0.175 e. The van der Waals surface area contributed by atoms with E-state index in [4.69, 9.17) is 11.2 Å². The number of rotatable bonds is 6. The zero-order chi connectivity index (χ0) is 25.9. The van der Waals surface area contributed by atoms with Gasteiger partial charge in [0, 0.05) is 31.6 Å². The largest absolute Gasteiger partial charge is 0.495 e. The van der Waals surface area contributed by atoms with Crippen molar-refractivity contribution in [2.75, 3.05) is 50.7 Å². The number of hydrogen-bond donors (Lipinski definition) is 2. The summed E-state index contributed by atoms with van der Waals surface area (Å²) in [5, 5.41) is 6.43. The van der Waals surface area contributed by atoms with Crippen molar-refractivity contribution in [3.63, 3.8) is 0 Å². The molecule has 4 rings (SSSR count). The van der Waals surface area contributed by atoms with Gasteiger partial charge in [0.1, 0.15) is 23.3 Å². The standard InChI is InChI=1S/C26H28FN5O3S/c1-5-24-21(8-6-13-28-22-11-10-18(36(4,33)34)16-25(22)35-3)30-26-23(9-7-14-32(24)26)29-20-12-15-31(2)17-19(20)27/h1,7,9-11,14,16,19-20,28-29H,12-13,15,17H2,2-4H3/t19-,20+/m0/s1. The van der Waals surface area contributed by atoms with E-state index in [1.807, 2.05) is 30.3 Å². The number of ether oxygens (including phenoxy) is 1. The van der Waals surface area contributed by atoms with Crippen LogP contribution < -0.4 is 15.4 Å². The maximum atomic E-state index is 14.6. The molecule has 2 aromatic heterocycles. The SMILES string of the molecule is C#Cc1c(C#CCNc2ccc(S(C)(=O)=O)cc2OC)nc2c(N[C@@H]3CCN(C)C[C@@H]3F)cccn12. The van der Waals surface area contributed by atoms with Gasteiger partial charge in [-0.15, -0.1) is 6.42 Å². The first-order valence-corrected chi connectivity index (χ1v) is 13.3. The first-order valence-electron chi connectivity index (χ1n) is 11.4. The van der Waals surface area contributed by atoms with Crippen LogP contribution >= 0.6 is 0 Å². The van der Waals surface area contributed by atoms with E-state index in [2.05, 4.69) is 33.4 Å². The van der Waals surface area contributed by atoms with Crippen molar-refractivity contribution in [3.05, 3.63) is 47.9 Å². The molecule has 188 valence electrons. The van der Waals surface area contributed by atoms with Crippen LogP contribution in [-0.2, 0) is 9.84 Å². The summed E-state index contributed by atoms with van der Waals surface area (Å²) in [7, 11) is 0.0374. The molecule has 2 atom stereocenters. The van der Waals surface area contributed by atoms with E-state index in [1.165, 1.54) is 19.2 Å². The molecule has 1 aliphatic rings. The van der Waals surface area contributed by atoms with E-state index < -0.39 is 16.0 Å². The zero-order valence-electron chi connectivity index (χ0n) is 20.4. The summed E-state index contributed by atoms with van der Waals surface area (Å²) < 4.78 is 45.2. The second kappa shape index (κ2) is 10.5. The average molecular weight is 510 g/mol. The molecule has 1 aliphatic heterocycles. The van der Waals surface area contributed by atoms with E-state index in [0.29, 0.717) is 47.1 Å². The van der Waals surface area contributed by atoms with Gasteiger partial charge in [0.2, 0.25) is 0 Å². The van der Waals surface area contributed by atoms with Gasteiger partial charge in [-0.25, -0.2) is 17.8 Å². The van der Waals surface area contributed by atoms with E-state index in [9.17, 15) is 12.8 Å². The number of benzene rings is 1. The van der Waals surface area contributed by atoms with Crippen molar-refractivity contribution in [1.82, 2.24) is 14.3 Å². The molecule has 0 amide bonds. The number of methoxy groups -OCH3 is 1. The maximum Gasteiger partial charge on any atom is 0.175 e. The summed E-state index contributed by atoms with van der Waals surface area (Å²) in [4.78, 5) is 6.79. The summed E-state index contributed by atoms with van der Waals surface area (Å²) in [6.07, 6.45) is 8.42. The molecule has 1 saturated heterocycles. The number of terminal acetylenes is 1. The van der Waals surface area contributed by atoms with E-state index in [0.717, 1.165) is 12.8 Å². The van der Waals surface area contributed by atoms with Gasteiger partial charge in [0.15, 0.2) is 15.5 Å². The average Bonchev–Trinajstić information content (AvgIpc) is 3.21. The van der Waals surface area contributed by atoms with Gasteiger partial charge in [-0.1, -0.05) is 5.92 Å². The van der Waals surface area contributed by atoms with Crippen molar-refractivity contribution in [1.29, 1.82) is 0 Å². The highest BCUT2D eigenvalue weighted by molar-refractivity contribution is 7.90. The van der Waals surface area contributed by atoms with Gasteiger partial charge < -0.3 is 20.3 Å². The van der Waals surface area contributed by atoms with Crippen LogP contribution in [0.2, 0.25) is 0 Å². The number of aromatic nitrogens is 2. The lowest BCUT2D eigenvalue weighted by molar-refractivity contribution is 0.149. The van der Waals surface area contributed by atoms with Crippen LogP contribution in [0.4, 0.5) is 15.8 Å². The summed E-state index contributed by atoms with van der Waals surface area (Å²) in [5.74, 6) is 9.06. The third kappa shape index (κ3) is 5.40. The maximum absolute atomic E-state index is 14.6. The highest BCUT2D eigenvalue weighted by Crippen LogP contribution is 2.27. The lowest BCUT2D eigenvalue weighted by Crippen LogP contribution is -2.46. The van der Waals surface area contributed by atoms with Gasteiger partial charge in [0.25, 0.3) is 0 Å². The van der Waals surface area contributed by atoms with Crippen LogP contribution in [0.1, 0.15) is 17.8 Å². The number of nitrogens with zero attached hydrogens (tertiary/aromatic N) is 3. The second-order valence-corrected chi connectivity index (χ2v) is 10.7. The number of hydrogen-bond acceptors (Lipinski definition) is 7. The normalized spacial score (nSPS) is 18.2. The van der Waals surface area contributed by atoms with Crippen molar-refractivity contribution in [3.8, 4) is 29.9 Å². The van der Waals surface area contributed by atoms with Gasteiger partial charge in [-0.05, 0) is 49.6 Å². The molecule has 3 heterocycles. The number of fused-ring (bicyclic) bond motifs is 1. The Labute approximate surface area is 210 Å². The lowest BCUT2D eigenvalue weighted by Gasteiger charge is -2.33. The minimum absolute atomic E-state index is 0.170. The molecule has 36 heavy (non-hydrogen) atoms. The minimum Gasteiger partial charge on any atom is -0.495 e.